The van der Waals surface area contributed by atoms with Crippen molar-refractivity contribution in [2.75, 3.05) is 7.05 Å². The van der Waals surface area contributed by atoms with Gasteiger partial charge in [0, 0.05) is 11.4 Å². The number of benzene rings is 1. The molecule has 1 aromatic rings. The molecule has 0 heterocycles. The molecule has 1 aliphatic carbocycles. The van der Waals surface area contributed by atoms with E-state index in [4.69, 9.17) is 11.6 Å². The Morgan fingerprint density at radius 3 is 2.59 bits per heavy atom. The first-order chi connectivity index (χ1) is 7.70. The highest BCUT2D eigenvalue weighted by atomic mass is 35.5. The number of hydrogen-bond donors (Lipinski definition) is 1. The van der Waals surface area contributed by atoms with Gasteiger partial charge in [0.05, 0.1) is 0 Å². The van der Waals surface area contributed by atoms with Gasteiger partial charge in [-0.3, -0.25) is 4.79 Å². The molecule has 2 rings (SSSR count). The third kappa shape index (κ3) is 2.49. The summed E-state index contributed by atoms with van der Waals surface area (Å²) in [7, 11) is 1.84. The van der Waals surface area contributed by atoms with E-state index in [1.165, 1.54) is 0 Å². The number of nitrogens with one attached hydrogen (secondary N) is 1. The third-order valence-electron chi connectivity index (χ3n) is 3.44. The van der Waals surface area contributed by atoms with Crippen molar-refractivity contribution in [2.24, 2.45) is 0 Å². The van der Waals surface area contributed by atoms with E-state index < -0.39 is 5.54 Å². The molecule has 4 heteroatoms. The minimum atomic E-state index is -0.559. The largest absolute Gasteiger partial charge is 1.00 e. The maximum absolute atomic E-state index is 12.2. The average molecular weight is 273 g/mol. The Morgan fingerprint density at radius 2 is 2.00 bits per heavy atom. The summed E-state index contributed by atoms with van der Waals surface area (Å²) in [6.45, 7) is 0. The first kappa shape index (κ1) is 14.5. The van der Waals surface area contributed by atoms with Crippen LogP contribution in [0, 0.1) is 0 Å². The van der Waals surface area contributed by atoms with Gasteiger partial charge in [0.15, 0.2) is 5.78 Å². The molecule has 0 saturated heterocycles. The molecule has 17 heavy (non-hydrogen) atoms. The number of Topliss-reactive ketones (excluding diaryl/α,β-unsaturated/α-hetero) is 1. The van der Waals surface area contributed by atoms with Crippen LogP contribution >= 0.6 is 11.6 Å². The minimum Gasteiger partial charge on any atom is -1.00 e. The van der Waals surface area contributed by atoms with Crippen LogP contribution in [0.15, 0.2) is 24.3 Å². The quantitative estimate of drug-likeness (QED) is 0.815. The average Bonchev–Trinajstić information content (AvgIpc) is 2.31. The van der Waals surface area contributed by atoms with Crippen molar-refractivity contribution in [3.05, 3.63) is 34.9 Å². The van der Waals surface area contributed by atoms with Crippen molar-refractivity contribution in [1.29, 1.82) is 0 Å². The monoisotopic (exact) mass is 272 g/mol. The highest BCUT2D eigenvalue weighted by Gasteiger charge is 2.40. The number of halogens is 2. The van der Waals surface area contributed by atoms with Crippen LogP contribution in [0.5, 0.6) is 0 Å². The van der Waals surface area contributed by atoms with Crippen LogP contribution in [0.1, 0.15) is 31.2 Å². The van der Waals surface area contributed by atoms with E-state index in [1.807, 2.05) is 31.3 Å². The summed E-state index contributed by atoms with van der Waals surface area (Å²) in [6.07, 6.45) is 3.54. The van der Waals surface area contributed by atoms with Gasteiger partial charge in [-0.25, -0.2) is 0 Å². The van der Waals surface area contributed by atoms with Gasteiger partial charge in [-0.2, -0.15) is 0 Å². The molecule has 1 unspecified atom stereocenters. The molecule has 2 nitrogen and oxygen atoms in total. The smallest absolute Gasteiger partial charge is 0.157 e. The zero-order chi connectivity index (χ0) is 11.6. The number of carbonyl (C=O) groups is 1. The van der Waals surface area contributed by atoms with Gasteiger partial charge in [-0.15, -0.1) is 0 Å². The van der Waals surface area contributed by atoms with Crippen molar-refractivity contribution >= 4 is 17.4 Å². The Hall–Kier alpha value is -0.570. The van der Waals surface area contributed by atoms with Crippen LogP contribution in [0.25, 0.3) is 0 Å². The summed E-state index contributed by atoms with van der Waals surface area (Å²) in [4.78, 5) is 12.2. The van der Waals surface area contributed by atoms with Crippen LogP contribution < -0.4 is 17.7 Å². The predicted molar refractivity (Wildman–Crippen MR) is 65.7 cm³/mol. The zero-order valence-electron chi connectivity index (χ0n) is 9.80. The predicted octanol–water partition coefficient (Wildman–Crippen LogP) is -0.0982. The Morgan fingerprint density at radius 1 is 1.29 bits per heavy atom. The lowest BCUT2D eigenvalue weighted by molar-refractivity contribution is -0.127. The van der Waals surface area contributed by atoms with E-state index >= 15 is 0 Å². The van der Waals surface area contributed by atoms with Gasteiger partial charge in [0.2, 0.25) is 0 Å². The van der Waals surface area contributed by atoms with Crippen LogP contribution in [0.4, 0.5) is 0 Å². The molecule has 0 aliphatic heterocycles. The fourth-order valence-corrected chi connectivity index (χ4v) is 2.82. The van der Waals surface area contributed by atoms with Crippen LogP contribution in [0.2, 0.25) is 5.02 Å². The number of rotatable bonds is 2. The van der Waals surface area contributed by atoms with Gasteiger partial charge in [0.25, 0.3) is 0 Å². The van der Waals surface area contributed by atoms with Crippen molar-refractivity contribution in [3.63, 3.8) is 0 Å². The van der Waals surface area contributed by atoms with E-state index in [0.717, 1.165) is 24.8 Å². The lowest BCUT2D eigenvalue weighted by atomic mass is 9.75. The maximum atomic E-state index is 12.2. The van der Waals surface area contributed by atoms with Gasteiger partial charge in [-0.05, 0) is 31.5 Å². The van der Waals surface area contributed by atoms with E-state index in [1.54, 1.807) is 0 Å². The van der Waals surface area contributed by atoms with E-state index in [2.05, 4.69) is 5.32 Å². The summed E-state index contributed by atoms with van der Waals surface area (Å²) in [6, 6.07) is 7.62. The molecule has 1 aliphatic rings. The first-order valence-electron chi connectivity index (χ1n) is 5.68. The third-order valence-corrected chi connectivity index (χ3v) is 3.77. The first-order valence-corrected chi connectivity index (χ1v) is 6.06. The number of likely N-dealkylation sites (N-methyl/N-ethyl adjacent to an activating group) is 1. The van der Waals surface area contributed by atoms with Crippen LogP contribution in [-0.4, -0.2) is 12.8 Å². The lowest BCUT2D eigenvalue weighted by Crippen LogP contribution is -3.00. The number of carbonyl (C=O) groups excluding carboxylic acids is 1. The highest BCUT2D eigenvalue weighted by molar-refractivity contribution is 6.31. The molecule has 1 atom stereocenters. The van der Waals surface area contributed by atoms with Crippen LogP contribution in [-0.2, 0) is 10.3 Å². The fraction of sp³-hybridized carbons (Fsp3) is 0.462. The van der Waals surface area contributed by atoms with E-state index in [9.17, 15) is 4.79 Å². The summed E-state index contributed by atoms with van der Waals surface area (Å²) in [5.74, 6) is 0.259. The summed E-state index contributed by atoms with van der Waals surface area (Å²) >= 11 is 6.20. The Labute approximate surface area is 113 Å². The molecule has 1 aromatic carbocycles. The molecule has 0 bridgehead atoms. The van der Waals surface area contributed by atoms with Crippen molar-refractivity contribution in [1.82, 2.24) is 5.32 Å². The molecule has 0 aromatic heterocycles. The molecule has 1 saturated carbocycles. The summed E-state index contributed by atoms with van der Waals surface area (Å²) in [5.41, 5.74) is 0.361. The Kier molecular flexibility index (Phi) is 4.99. The lowest BCUT2D eigenvalue weighted by Gasteiger charge is -2.36. The summed E-state index contributed by atoms with van der Waals surface area (Å²) < 4.78 is 0. The van der Waals surface area contributed by atoms with Crippen molar-refractivity contribution in [2.45, 2.75) is 31.2 Å². The molecule has 0 spiro atoms. The van der Waals surface area contributed by atoms with Crippen LogP contribution in [0.3, 0.4) is 0 Å². The molecule has 1 fully saturated rings. The van der Waals surface area contributed by atoms with E-state index in [-0.39, 0.29) is 18.2 Å². The van der Waals surface area contributed by atoms with Crippen molar-refractivity contribution in [3.8, 4) is 0 Å². The molecular weight excluding hydrogens is 257 g/mol. The second-order valence-corrected chi connectivity index (χ2v) is 4.67. The van der Waals surface area contributed by atoms with E-state index in [0.29, 0.717) is 11.4 Å². The highest BCUT2D eigenvalue weighted by Crippen LogP contribution is 2.37. The van der Waals surface area contributed by atoms with Crippen molar-refractivity contribution < 1.29 is 17.2 Å². The molecular formula is C13H16Cl2NO-. The normalized spacial score (nSPS) is 24.2. The standard InChI is InChI=1S/C13H16ClNO.ClH/c1-15-13(9-5-4-8-12(13)16)10-6-2-3-7-11(10)14;/h2-3,6-7,15H,4-5,8-9H2,1H3;1H/p-1. The molecule has 1 N–H and O–H groups in total. The van der Waals surface area contributed by atoms with Gasteiger partial charge in [0.1, 0.15) is 5.54 Å². The second kappa shape index (κ2) is 5.85. The van der Waals surface area contributed by atoms with Gasteiger partial charge in [-0.1, -0.05) is 36.2 Å². The summed E-state index contributed by atoms with van der Waals surface area (Å²) in [5, 5.41) is 3.86. The zero-order valence-corrected chi connectivity index (χ0v) is 11.3. The van der Waals surface area contributed by atoms with Gasteiger partial charge >= 0.3 is 0 Å². The minimum absolute atomic E-state index is 0. The maximum Gasteiger partial charge on any atom is 0.157 e. The number of hydrogen-bond acceptors (Lipinski definition) is 2. The molecule has 0 amide bonds. The Balaban J connectivity index is 0.00000144. The number of ketones is 1. The Bertz CT molecular complexity index is 408. The SMILES string of the molecule is CNC1(c2ccccc2Cl)CCCCC1=O.[Cl-]. The second-order valence-electron chi connectivity index (χ2n) is 4.27. The fourth-order valence-electron chi connectivity index (χ4n) is 2.52. The topological polar surface area (TPSA) is 29.1 Å². The molecule has 94 valence electrons. The van der Waals surface area contributed by atoms with Gasteiger partial charge < -0.3 is 17.7 Å². The molecule has 0 radical (unpaired) electrons.